The first-order valence-electron chi connectivity index (χ1n) is 12.7. The number of pyridine rings is 1. The molecule has 0 saturated carbocycles. The molecule has 0 fully saturated rings. The number of carbonyl (C=O) groups is 1. The number of benzene rings is 1. The van der Waals surface area contributed by atoms with E-state index in [1.165, 1.54) is 11.1 Å². The standard InChI is InChI=1S/C30H34N4O5/c1-19-11-22(14-32)9-10-26(19)34(29(37)39-30(3,4)5)16-24-15-33-25(17-35)28(27(24)20(2)36)38-18-23-8-6-7-21(12-23)13-31/h6-10,12,15,19-20,35-36H,11,16-18H2,1-5H3. The van der Waals surface area contributed by atoms with E-state index in [1.54, 1.807) is 58.0 Å². The minimum atomic E-state index is -1.02. The average Bonchev–Trinajstić information content (AvgIpc) is 2.89. The minimum absolute atomic E-state index is 0.0139. The molecule has 1 aliphatic carbocycles. The zero-order valence-electron chi connectivity index (χ0n) is 22.9. The molecule has 1 amide bonds. The van der Waals surface area contributed by atoms with Crippen molar-refractivity contribution < 1.29 is 24.5 Å². The second kappa shape index (κ2) is 12.6. The van der Waals surface area contributed by atoms with Crippen LogP contribution in [-0.4, -0.2) is 31.8 Å². The van der Waals surface area contributed by atoms with Crippen molar-refractivity contribution in [2.24, 2.45) is 5.92 Å². The summed E-state index contributed by atoms with van der Waals surface area (Å²) in [6, 6.07) is 11.2. The molecule has 2 N–H and O–H groups in total. The third kappa shape index (κ3) is 7.44. The van der Waals surface area contributed by atoms with Gasteiger partial charge in [-0.15, -0.1) is 0 Å². The number of aromatic nitrogens is 1. The average molecular weight is 531 g/mol. The lowest BCUT2D eigenvalue weighted by molar-refractivity contribution is 0.0278. The van der Waals surface area contributed by atoms with Crippen LogP contribution in [0.1, 0.15) is 75.1 Å². The van der Waals surface area contributed by atoms with Gasteiger partial charge >= 0.3 is 6.09 Å². The summed E-state index contributed by atoms with van der Waals surface area (Å²) in [6.07, 6.45) is 3.83. The quantitative estimate of drug-likeness (QED) is 0.475. The van der Waals surface area contributed by atoms with E-state index in [0.717, 1.165) is 5.56 Å². The molecule has 3 rings (SSSR count). The van der Waals surface area contributed by atoms with Crippen LogP contribution in [0.5, 0.6) is 5.75 Å². The van der Waals surface area contributed by atoms with E-state index in [0.29, 0.717) is 34.4 Å². The van der Waals surface area contributed by atoms with Crippen molar-refractivity contribution in [3.05, 3.63) is 81.8 Å². The summed E-state index contributed by atoms with van der Waals surface area (Å²) in [7, 11) is 0. The molecular weight excluding hydrogens is 496 g/mol. The molecule has 0 aliphatic heterocycles. The molecule has 2 atom stereocenters. The van der Waals surface area contributed by atoms with Gasteiger partial charge in [0, 0.05) is 28.9 Å². The molecule has 1 aliphatic rings. The fourth-order valence-corrected chi connectivity index (χ4v) is 4.37. The smallest absolute Gasteiger partial charge is 0.414 e. The number of allylic oxidation sites excluding steroid dienone is 4. The van der Waals surface area contributed by atoms with Crippen LogP contribution in [0.3, 0.4) is 0 Å². The number of ether oxygens (including phenoxy) is 2. The number of nitriles is 2. The summed E-state index contributed by atoms with van der Waals surface area (Å²) >= 11 is 0. The number of aliphatic hydroxyl groups is 2. The predicted molar refractivity (Wildman–Crippen MR) is 144 cm³/mol. The van der Waals surface area contributed by atoms with Crippen molar-refractivity contribution in [3.63, 3.8) is 0 Å². The van der Waals surface area contributed by atoms with Crippen molar-refractivity contribution in [1.29, 1.82) is 10.5 Å². The molecule has 2 unspecified atom stereocenters. The fourth-order valence-electron chi connectivity index (χ4n) is 4.37. The van der Waals surface area contributed by atoms with Crippen LogP contribution in [0.25, 0.3) is 0 Å². The summed E-state index contributed by atoms with van der Waals surface area (Å²) in [5.74, 6) is 0.0776. The Morgan fingerprint density at radius 2 is 2.00 bits per heavy atom. The molecule has 2 aromatic rings. The molecule has 0 saturated heterocycles. The normalized spacial score (nSPS) is 15.8. The maximum Gasteiger partial charge on any atom is 0.414 e. The van der Waals surface area contributed by atoms with Crippen LogP contribution in [0.2, 0.25) is 0 Å². The lowest BCUT2D eigenvalue weighted by Gasteiger charge is -2.33. The predicted octanol–water partition coefficient (Wildman–Crippen LogP) is 5.19. The van der Waals surface area contributed by atoms with Gasteiger partial charge in [-0.1, -0.05) is 19.1 Å². The highest BCUT2D eigenvalue weighted by atomic mass is 16.6. The first kappa shape index (κ1) is 29.4. The van der Waals surface area contributed by atoms with Gasteiger partial charge in [0.25, 0.3) is 0 Å². The number of rotatable bonds is 8. The number of hydrogen-bond donors (Lipinski definition) is 2. The van der Waals surface area contributed by atoms with Gasteiger partial charge in [-0.25, -0.2) is 4.79 Å². The highest BCUT2D eigenvalue weighted by Gasteiger charge is 2.31. The largest absolute Gasteiger partial charge is 0.486 e. The summed E-state index contributed by atoms with van der Waals surface area (Å²) in [4.78, 5) is 19.3. The van der Waals surface area contributed by atoms with Crippen LogP contribution in [0.4, 0.5) is 4.79 Å². The molecule has 39 heavy (non-hydrogen) atoms. The molecule has 9 nitrogen and oxygen atoms in total. The molecule has 204 valence electrons. The second-order valence-electron chi connectivity index (χ2n) is 10.5. The molecule has 0 spiro atoms. The molecule has 0 bridgehead atoms. The Kier molecular flexibility index (Phi) is 9.47. The van der Waals surface area contributed by atoms with Crippen molar-refractivity contribution in [2.75, 3.05) is 0 Å². The molecule has 1 aromatic heterocycles. The van der Waals surface area contributed by atoms with Crippen molar-refractivity contribution >= 4 is 6.09 Å². The molecule has 9 heteroatoms. The monoisotopic (exact) mass is 530 g/mol. The third-order valence-electron chi connectivity index (χ3n) is 6.12. The molecule has 0 radical (unpaired) electrons. The van der Waals surface area contributed by atoms with Gasteiger partial charge in [0.1, 0.15) is 23.7 Å². The number of hydrogen-bond acceptors (Lipinski definition) is 8. The Morgan fingerprint density at radius 3 is 2.59 bits per heavy atom. The fraction of sp³-hybridized carbons (Fsp3) is 0.400. The summed E-state index contributed by atoms with van der Waals surface area (Å²) in [5, 5.41) is 39.3. The zero-order chi connectivity index (χ0) is 28.7. The molecule has 1 aromatic carbocycles. The number of aliphatic hydroxyl groups excluding tert-OH is 2. The third-order valence-corrected chi connectivity index (χ3v) is 6.12. The Bertz CT molecular complexity index is 1360. The highest BCUT2D eigenvalue weighted by Crippen LogP contribution is 2.35. The summed E-state index contributed by atoms with van der Waals surface area (Å²) in [5.41, 5.74) is 2.89. The Labute approximate surface area is 229 Å². The van der Waals surface area contributed by atoms with Gasteiger partial charge in [-0.05, 0) is 69.5 Å². The number of carbonyl (C=O) groups excluding carboxylic acids is 1. The summed E-state index contributed by atoms with van der Waals surface area (Å²) < 4.78 is 11.8. The van der Waals surface area contributed by atoms with Gasteiger partial charge in [-0.2, -0.15) is 10.5 Å². The van der Waals surface area contributed by atoms with E-state index in [1.807, 2.05) is 13.0 Å². The van der Waals surface area contributed by atoms with E-state index < -0.39 is 24.4 Å². The Hall–Kier alpha value is -4.18. The van der Waals surface area contributed by atoms with Crippen LogP contribution in [0, 0.1) is 28.6 Å². The first-order chi connectivity index (χ1) is 18.5. The summed E-state index contributed by atoms with van der Waals surface area (Å²) in [6.45, 7) is 8.51. The van der Waals surface area contributed by atoms with Gasteiger partial charge in [-0.3, -0.25) is 9.88 Å². The van der Waals surface area contributed by atoms with E-state index in [4.69, 9.17) is 9.47 Å². The van der Waals surface area contributed by atoms with Gasteiger partial charge in [0.05, 0.1) is 37.0 Å². The van der Waals surface area contributed by atoms with E-state index in [-0.39, 0.29) is 30.5 Å². The number of nitrogens with zero attached hydrogens (tertiary/aromatic N) is 4. The van der Waals surface area contributed by atoms with Gasteiger partial charge in [0.2, 0.25) is 0 Å². The lowest BCUT2D eigenvalue weighted by atomic mass is 9.92. The van der Waals surface area contributed by atoms with Gasteiger partial charge < -0.3 is 19.7 Å². The van der Waals surface area contributed by atoms with E-state index >= 15 is 0 Å². The molecule has 1 heterocycles. The van der Waals surface area contributed by atoms with E-state index in [2.05, 4.69) is 17.1 Å². The SMILES string of the molecule is CC1CC(C#N)=CC=C1N(Cc1cnc(CO)c(OCc2cccc(C#N)c2)c1C(C)O)C(=O)OC(C)(C)C. The Morgan fingerprint density at radius 1 is 1.26 bits per heavy atom. The van der Waals surface area contributed by atoms with Crippen LogP contribution in [-0.2, 0) is 24.5 Å². The number of amides is 1. The van der Waals surface area contributed by atoms with E-state index in [9.17, 15) is 25.5 Å². The van der Waals surface area contributed by atoms with Crippen LogP contribution >= 0.6 is 0 Å². The van der Waals surface area contributed by atoms with Crippen molar-refractivity contribution in [1.82, 2.24) is 9.88 Å². The highest BCUT2D eigenvalue weighted by molar-refractivity contribution is 5.71. The molecular formula is C30H34N4O5. The maximum atomic E-state index is 13.4. The minimum Gasteiger partial charge on any atom is -0.486 e. The van der Waals surface area contributed by atoms with Crippen LogP contribution in [0.15, 0.2) is 53.9 Å². The Balaban J connectivity index is 2.05. The lowest BCUT2D eigenvalue weighted by Crippen LogP contribution is -2.38. The van der Waals surface area contributed by atoms with Crippen LogP contribution < -0.4 is 4.74 Å². The second-order valence-corrected chi connectivity index (χ2v) is 10.5. The first-order valence-corrected chi connectivity index (χ1v) is 12.7. The topological polar surface area (TPSA) is 140 Å². The zero-order valence-corrected chi connectivity index (χ0v) is 22.9. The van der Waals surface area contributed by atoms with Crippen molar-refractivity contribution in [2.45, 2.75) is 72.5 Å². The van der Waals surface area contributed by atoms with Crippen molar-refractivity contribution in [3.8, 4) is 17.9 Å². The van der Waals surface area contributed by atoms with Gasteiger partial charge in [0.15, 0.2) is 0 Å². The maximum absolute atomic E-state index is 13.4.